The Bertz CT molecular complexity index is 843. The summed E-state index contributed by atoms with van der Waals surface area (Å²) in [4.78, 5) is 10.5. The SMILES string of the molecule is CC(C)Oc1cc(C#CC(=O)O)ccc1-c1ccccc1C(F)(F)F. The Morgan fingerprint density at radius 2 is 1.80 bits per heavy atom. The van der Waals surface area contributed by atoms with Crippen molar-refractivity contribution in [2.75, 3.05) is 0 Å². The molecule has 1 N–H and O–H groups in total. The summed E-state index contributed by atoms with van der Waals surface area (Å²) >= 11 is 0. The second-order valence-electron chi connectivity index (χ2n) is 5.48. The van der Waals surface area contributed by atoms with Crippen LogP contribution in [0.4, 0.5) is 13.2 Å². The predicted octanol–water partition coefficient (Wildman–Crippen LogP) is 4.60. The van der Waals surface area contributed by atoms with Gasteiger partial charge in [-0.15, -0.1) is 0 Å². The zero-order valence-electron chi connectivity index (χ0n) is 13.5. The number of carbonyl (C=O) groups is 1. The first kappa shape index (κ1) is 18.4. The van der Waals surface area contributed by atoms with Crippen molar-refractivity contribution >= 4 is 5.97 Å². The number of halogens is 3. The lowest BCUT2D eigenvalue weighted by molar-refractivity contribution is -0.137. The Labute approximate surface area is 143 Å². The molecule has 0 saturated heterocycles. The quantitative estimate of drug-likeness (QED) is 0.825. The maximum absolute atomic E-state index is 13.3. The minimum Gasteiger partial charge on any atom is -0.490 e. The molecule has 0 heterocycles. The average molecular weight is 348 g/mol. The molecule has 0 bridgehead atoms. The number of hydrogen-bond acceptors (Lipinski definition) is 2. The van der Waals surface area contributed by atoms with E-state index in [0.29, 0.717) is 5.56 Å². The summed E-state index contributed by atoms with van der Waals surface area (Å²) in [7, 11) is 0. The van der Waals surface area contributed by atoms with Crippen LogP contribution in [0.1, 0.15) is 25.0 Å². The molecule has 2 aromatic rings. The first-order chi connectivity index (χ1) is 11.7. The van der Waals surface area contributed by atoms with E-state index in [2.05, 4.69) is 5.92 Å². The smallest absolute Gasteiger partial charge is 0.417 e. The fourth-order valence-electron chi connectivity index (χ4n) is 2.26. The van der Waals surface area contributed by atoms with E-state index >= 15 is 0 Å². The third-order valence-electron chi connectivity index (χ3n) is 3.18. The number of benzene rings is 2. The van der Waals surface area contributed by atoms with Crippen LogP contribution in [0.15, 0.2) is 42.5 Å². The first-order valence-electron chi connectivity index (χ1n) is 7.40. The van der Waals surface area contributed by atoms with Gasteiger partial charge in [-0.2, -0.15) is 13.2 Å². The molecule has 6 heteroatoms. The van der Waals surface area contributed by atoms with Crippen LogP contribution in [0.25, 0.3) is 11.1 Å². The molecular weight excluding hydrogens is 333 g/mol. The van der Waals surface area contributed by atoms with Crippen molar-refractivity contribution in [3.63, 3.8) is 0 Å². The first-order valence-corrected chi connectivity index (χ1v) is 7.40. The van der Waals surface area contributed by atoms with E-state index in [-0.39, 0.29) is 23.0 Å². The Balaban J connectivity index is 2.62. The standard InChI is InChI=1S/C19H15F3O3/c1-12(2)25-17-11-13(8-10-18(23)24)7-9-15(17)14-5-3-4-6-16(14)19(20,21)22/h3-7,9,11-12H,1-2H3,(H,23,24). The van der Waals surface area contributed by atoms with Gasteiger partial charge in [-0.25, -0.2) is 4.79 Å². The largest absolute Gasteiger partial charge is 0.490 e. The number of alkyl halides is 3. The molecule has 0 aliphatic heterocycles. The summed E-state index contributed by atoms with van der Waals surface area (Å²) in [5.41, 5.74) is -0.176. The Morgan fingerprint density at radius 3 is 2.40 bits per heavy atom. The molecule has 0 amide bonds. The van der Waals surface area contributed by atoms with Gasteiger partial charge in [0.2, 0.25) is 0 Å². The summed E-state index contributed by atoms with van der Waals surface area (Å²) < 4.78 is 45.5. The highest BCUT2D eigenvalue weighted by atomic mass is 19.4. The van der Waals surface area contributed by atoms with Gasteiger partial charge in [-0.1, -0.05) is 24.1 Å². The third kappa shape index (κ3) is 4.77. The van der Waals surface area contributed by atoms with Gasteiger partial charge in [0.15, 0.2) is 0 Å². The summed E-state index contributed by atoms with van der Waals surface area (Å²) in [6.45, 7) is 3.49. The van der Waals surface area contributed by atoms with E-state index in [1.54, 1.807) is 13.8 Å². The molecule has 0 unspecified atom stereocenters. The number of carboxylic acid groups (broad SMARTS) is 1. The lowest BCUT2D eigenvalue weighted by Crippen LogP contribution is -2.09. The van der Waals surface area contributed by atoms with Crippen molar-refractivity contribution < 1.29 is 27.8 Å². The van der Waals surface area contributed by atoms with Crippen LogP contribution in [0, 0.1) is 11.8 Å². The van der Waals surface area contributed by atoms with Gasteiger partial charge < -0.3 is 9.84 Å². The summed E-state index contributed by atoms with van der Waals surface area (Å²) in [6.07, 6.45) is -4.78. The van der Waals surface area contributed by atoms with Crippen LogP contribution in [-0.4, -0.2) is 17.2 Å². The van der Waals surface area contributed by atoms with Gasteiger partial charge >= 0.3 is 12.1 Å². The zero-order chi connectivity index (χ0) is 18.6. The molecular formula is C19H15F3O3. The third-order valence-corrected chi connectivity index (χ3v) is 3.18. The zero-order valence-corrected chi connectivity index (χ0v) is 13.5. The fraction of sp³-hybridized carbons (Fsp3) is 0.211. The van der Waals surface area contributed by atoms with Crippen molar-refractivity contribution in [1.82, 2.24) is 0 Å². The lowest BCUT2D eigenvalue weighted by atomic mass is 9.97. The highest BCUT2D eigenvalue weighted by Gasteiger charge is 2.34. The lowest BCUT2D eigenvalue weighted by Gasteiger charge is -2.18. The number of ether oxygens (including phenoxy) is 1. The molecule has 0 fully saturated rings. The van der Waals surface area contributed by atoms with Crippen molar-refractivity contribution in [2.24, 2.45) is 0 Å². The molecule has 0 saturated carbocycles. The highest BCUT2D eigenvalue weighted by molar-refractivity contribution is 5.87. The Hall–Kier alpha value is -2.94. The van der Waals surface area contributed by atoms with Crippen molar-refractivity contribution in [1.29, 1.82) is 0 Å². The monoisotopic (exact) mass is 348 g/mol. The second kappa shape index (κ2) is 7.31. The van der Waals surface area contributed by atoms with Crippen LogP contribution >= 0.6 is 0 Å². The summed E-state index contributed by atoms with van der Waals surface area (Å²) in [5.74, 6) is 3.32. The van der Waals surface area contributed by atoms with Crippen LogP contribution < -0.4 is 4.74 Å². The van der Waals surface area contributed by atoms with Crippen molar-refractivity contribution in [2.45, 2.75) is 26.1 Å². The number of carboxylic acids is 1. The van der Waals surface area contributed by atoms with Gasteiger partial charge in [0, 0.05) is 17.0 Å². The van der Waals surface area contributed by atoms with E-state index in [0.717, 1.165) is 6.07 Å². The maximum atomic E-state index is 13.3. The minimum absolute atomic E-state index is 0.0107. The van der Waals surface area contributed by atoms with Crippen LogP contribution in [0.2, 0.25) is 0 Å². The summed E-state index contributed by atoms with van der Waals surface area (Å²) in [5, 5.41) is 8.62. The van der Waals surface area contributed by atoms with Gasteiger partial charge in [0.1, 0.15) is 5.75 Å². The molecule has 3 nitrogen and oxygen atoms in total. The topological polar surface area (TPSA) is 46.5 Å². The van der Waals surface area contributed by atoms with Gasteiger partial charge in [0.25, 0.3) is 0 Å². The molecule has 0 radical (unpaired) electrons. The van der Waals surface area contributed by atoms with Gasteiger partial charge in [0.05, 0.1) is 11.7 Å². The molecule has 0 aliphatic rings. The molecule has 0 aromatic heterocycles. The molecule has 25 heavy (non-hydrogen) atoms. The molecule has 2 aromatic carbocycles. The Kier molecular flexibility index (Phi) is 5.38. The molecule has 130 valence electrons. The van der Waals surface area contributed by atoms with Crippen molar-refractivity contribution in [3.8, 4) is 28.7 Å². The number of aliphatic carboxylic acids is 1. The number of hydrogen-bond donors (Lipinski definition) is 1. The van der Waals surface area contributed by atoms with Gasteiger partial charge in [-0.05, 0) is 43.7 Å². The minimum atomic E-state index is -4.51. The van der Waals surface area contributed by atoms with Crippen LogP contribution in [0.5, 0.6) is 5.75 Å². The molecule has 0 aliphatic carbocycles. The second-order valence-corrected chi connectivity index (χ2v) is 5.48. The maximum Gasteiger partial charge on any atom is 0.417 e. The highest BCUT2D eigenvalue weighted by Crippen LogP contribution is 2.40. The average Bonchev–Trinajstić information content (AvgIpc) is 2.52. The van der Waals surface area contributed by atoms with Crippen LogP contribution in [-0.2, 0) is 11.0 Å². The Morgan fingerprint density at radius 1 is 1.12 bits per heavy atom. The van der Waals surface area contributed by atoms with E-state index in [9.17, 15) is 18.0 Å². The van der Waals surface area contributed by atoms with E-state index in [1.807, 2.05) is 5.92 Å². The molecule has 2 rings (SSSR count). The van der Waals surface area contributed by atoms with Crippen LogP contribution in [0.3, 0.4) is 0 Å². The van der Waals surface area contributed by atoms with Gasteiger partial charge in [-0.3, -0.25) is 0 Å². The molecule has 0 spiro atoms. The normalized spacial score (nSPS) is 11.0. The number of rotatable bonds is 3. The van der Waals surface area contributed by atoms with Crippen molar-refractivity contribution in [3.05, 3.63) is 53.6 Å². The molecule has 0 atom stereocenters. The van der Waals surface area contributed by atoms with E-state index < -0.39 is 17.7 Å². The van der Waals surface area contributed by atoms with E-state index in [4.69, 9.17) is 9.84 Å². The van der Waals surface area contributed by atoms with E-state index in [1.165, 1.54) is 36.4 Å². The predicted molar refractivity (Wildman–Crippen MR) is 87.2 cm³/mol. The summed E-state index contributed by atoms with van der Waals surface area (Å²) in [6, 6.07) is 9.57. The fourth-order valence-corrected chi connectivity index (χ4v) is 2.26.